The fraction of sp³-hybridized carbons (Fsp3) is 0.500. The van der Waals surface area contributed by atoms with Crippen molar-refractivity contribution in [1.29, 1.82) is 0 Å². The SMILES string of the molecule is CO[C@H]1O[C@H](COC(=O)c2c(Cl)cccc2Cl)[C@@H](O)[C@H](O)[C@@H]1O. The zero-order valence-electron chi connectivity index (χ0n) is 12.1. The number of benzene rings is 1. The van der Waals surface area contributed by atoms with Gasteiger partial charge in [0.15, 0.2) is 6.29 Å². The van der Waals surface area contributed by atoms with E-state index in [-0.39, 0.29) is 22.2 Å². The van der Waals surface area contributed by atoms with Crippen molar-refractivity contribution in [3.63, 3.8) is 0 Å². The monoisotopic (exact) mass is 366 g/mol. The Hall–Kier alpha value is -0.930. The lowest BCUT2D eigenvalue weighted by atomic mass is 9.99. The zero-order chi connectivity index (χ0) is 17.1. The first-order chi connectivity index (χ1) is 10.9. The number of carbonyl (C=O) groups excluding carboxylic acids is 1. The molecule has 1 aromatic carbocycles. The van der Waals surface area contributed by atoms with Crippen LogP contribution in [0.3, 0.4) is 0 Å². The van der Waals surface area contributed by atoms with Crippen molar-refractivity contribution >= 4 is 29.2 Å². The van der Waals surface area contributed by atoms with Crippen LogP contribution in [-0.2, 0) is 14.2 Å². The molecule has 1 saturated heterocycles. The summed E-state index contributed by atoms with van der Waals surface area (Å²) in [6.07, 6.45) is -6.60. The molecular weight excluding hydrogens is 351 g/mol. The van der Waals surface area contributed by atoms with Crippen LogP contribution in [0.4, 0.5) is 0 Å². The molecular formula is C14H16Cl2O7. The van der Waals surface area contributed by atoms with E-state index in [1.807, 2.05) is 0 Å². The van der Waals surface area contributed by atoms with Gasteiger partial charge in [-0.1, -0.05) is 29.3 Å². The highest BCUT2D eigenvalue weighted by molar-refractivity contribution is 6.39. The molecule has 0 bridgehead atoms. The summed E-state index contributed by atoms with van der Waals surface area (Å²) in [4.78, 5) is 12.1. The van der Waals surface area contributed by atoms with Crippen LogP contribution < -0.4 is 0 Å². The number of hydrogen-bond donors (Lipinski definition) is 3. The van der Waals surface area contributed by atoms with Crippen molar-refractivity contribution in [2.45, 2.75) is 30.7 Å². The van der Waals surface area contributed by atoms with Gasteiger partial charge in [-0.3, -0.25) is 0 Å². The summed E-state index contributed by atoms with van der Waals surface area (Å²) in [5, 5.41) is 29.5. The Labute approximate surface area is 142 Å². The molecule has 5 atom stereocenters. The number of halogens is 2. The summed E-state index contributed by atoms with van der Waals surface area (Å²) in [7, 11) is 1.27. The largest absolute Gasteiger partial charge is 0.459 e. The van der Waals surface area contributed by atoms with Crippen molar-refractivity contribution < 1.29 is 34.3 Å². The van der Waals surface area contributed by atoms with E-state index in [1.54, 1.807) is 6.07 Å². The molecule has 0 saturated carbocycles. The van der Waals surface area contributed by atoms with E-state index < -0.39 is 36.7 Å². The molecule has 3 N–H and O–H groups in total. The molecule has 2 rings (SSSR count). The number of carbonyl (C=O) groups is 1. The fourth-order valence-corrected chi connectivity index (χ4v) is 2.72. The number of esters is 1. The van der Waals surface area contributed by atoms with Crippen LogP contribution >= 0.6 is 23.2 Å². The number of aliphatic hydroxyl groups excluding tert-OH is 3. The molecule has 1 aliphatic rings. The maximum atomic E-state index is 12.1. The van der Waals surface area contributed by atoms with Crippen LogP contribution in [0.1, 0.15) is 10.4 Å². The minimum absolute atomic E-state index is 0.00925. The summed E-state index contributed by atoms with van der Waals surface area (Å²) in [6, 6.07) is 4.55. The second kappa shape index (κ2) is 7.76. The number of hydrogen-bond acceptors (Lipinski definition) is 7. The van der Waals surface area contributed by atoms with Crippen molar-refractivity contribution in [2.24, 2.45) is 0 Å². The first-order valence-corrected chi connectivity index (χ1v) is 7.46. The number of methoxy groups -OCH3 is 1. The predicted molar refractivity (Wildman–Crippen MR) is 80.4 cm³/mol. The van der Waals surface area contributed by atoms with E-state index in [0.29, 0.717) is 0 Å². The molecule has 0 spiro atoms. The number of ether oxygens (including phenoxy) is 3. The highest BCUT2D eigenvalue weighted by atomic mass is 35.5. The fourth-order valence-electron chi connectivity index (χ4n) is 2.17. The third kappa shape index (κ3) is 3.95. The van der Waals surface area contributed by atoms with Gasteiger partial charge in [-0.25, -0.2) is 4.79 Å². The summed E-state index contributed by atoms with van der Waals surface area (Å²) in [5.74, 6) is -0.800. The van der Waals surface area contributed by atoms with E-state index in [2.05, 4.69) is 0 Å². The molecule has 0 unspecified atom stereocenters. The molecule has 23 heavy (non-hydrogen) atoms. The van der Waals surface area contributed by atoms with Gasteiger partial charge in [0.25, 0.3) is 0 Å². The van der Waals surface area contributed by atoms with Crippen molar-refractivity contribution in [1.82, 2.24) is 0 Å². The number of rotatable bonds is 4. The molecule has 1 fully saturated rings. The van der Waals surface area contributed by atoms with E-state index in [0.717, 1.165) is 0 Å². The van der Waals surface area contributed by atoms with Gasteiger partial charge in [-0.15, -0.1) is 0 Å². The predicted octanol–water partition coefficient (Wildman–Crippen LogP) is 0.604. The van der Waals surface area contributed by atoms with Crippen LogP contribution in [0.25, 0.3) is 0 Å². The maximum absolute atomic E-state index is 12.1. The van der Waals surface area contributed by atoms with Gasteiger partial charge >= 0.3 is 5.97 Å². The first kappa shape index (κ1) is 18.4. The van der Waals surface area contributed by atoms with Gasteiger partial charge in [0.05, 0.1) is 15.6 Å². The van der Waals surface area contributed by atoms with Crippen LogP contribution in [0.5, 0.6) is 0 Å². The smallest absolute Gasteiger partial charge is 0.341 e. The Morgan fingerprint density at radius 2 is 1.78 bits per heavy atom. The molecule has 0 aromatic heterocycles. The molecule has 128 valence electrons. The highest BCUT2D eigenvalue weighted by Gasteiger charge is 2.44. The van der Waals surface area contributed by atoms with Gasteiger partial charge < -0.3 is 29.5 Å². The summed E-state index contributed by atoms with van der Waals surface area (Å²) in [6.45, 7) is -0.384. The molecule has 0 amide bonds. The van der Waals surface area contributed by atoms with E-state index in [4.69, 9.17) is 37.4 Å². The van der Waals surface area contributed by atoms with Gasteiger partial charge in [0, 0.05) is 7.11 Å². The second-order valence-electron chi connectivity index (χ2n) is 4.95. The molecule has 1 aliphatic heterocycles. The normalized spacial score (nSPS) is 31.0. The summed E-state index contributed by atoms with van der Waals surface area (Å²) in [5.41, 5.74) is -0.00925. The van der Waals surface area contributed by atoms with Crippen molar-refractivity contribution in [3.8, 4) is 0 Å². The van der Waals surface area contributed by atoms with Crippen LogP contribution in [0, 0.1) is 0 Å². The average molecular weight is 367 g/mol. The van der Waals surface area contributed by atoms with Crippen LogP contribution in [0.2, 0.25) is 10.0 Å². The molecule has 0 aliphatic carbocycles. The zero-order valence-corrected chi connectivity index (χ0v) is 13.6. The highest BCUT2D eigenvalue weighted by Crippen LogP contribution is 2.26. The Kier molecular flexibility index (Phi) is 6.21. The topological polar surface area (TPSA) is 105 Å². The lowest BCUT2D eigenvalue weighted by Gasteiger charge is -2.39. The second-order valence-corrected chi connectivity index (χ2v) is 5.76. The molecule has 9 heteroatoms. The lowest BCUT2D eigenvalue weighted by Crippen LogP contribution is -2.59. The van der Waals surface area contributed by atoms with E-state index in [1.165, 1.54) is 19.2 Å². The van der Waals surface area contributed by atoms with Crippen molar-refractivity contribution in [2.75, 3.05) is 13.7 Å². The molecule has 1 aromatic rings. The molecule has 1 heterocycles. The summed E-state index contributed by atoms with van der Waals surface area (Å²) >= 11 is 11.8. The van der Waals surface area contributed by atoms with Gasteiger partial charge in [-0.2, -0.15) is 0 Å². The lowest BCUT2D eigenvalue weighted by molar-refractivity contribution is -0.294. The Balaban J connectivity index is 2.03. The van der Waals surface area contributed by atoms with Crippen molar-refractivity contribution in [3.05, 3.63) is 33.8 Å². The minimum atomic E-state index is -1.50. The van der Waals surface area contributed by atoms with E-state index >= 15 is 0 Å². The summed E-state index contributed by atoms with van der Waals surface area (Å²) < 4.78 is 15.1. The number of aliphatic hydroxyl groups is 3. The van der Waals surface area contributed by atoms with Crippen LogP contribution in [0.15, 0.2) is 18.2 Å². The Bertz CT molecular complexity index is 546. The third-order valence-electron chi connectivity index (χ3n) is 3.45. The van der Waals surface area contributed by atoms with Gasteiger partial charge in [0.1, 0.15) is 31.0 Å². The van der Waals surface area contributed by atoms with Gasteiger partial charge in [0.2, 0.25) is 0 Å². The standard InChI is InChI=1S/C14H16Cl2O7/c1-21-14-12(19)11(18)10(17)8(23-14)5-22-13(20)9-6(15)3-2-4-7(9)16/h2-4,8,10-12,14,17-19H,5H2,1H3/t8-,10-,11+,12+,14+/m1/s1. The Morgan fingerprint density at radius 3 is 2.35 bits per heavy atom. The van der Waals surface area contributed by atoms with Crippen LogP contribution in [-0.4, -0.2) is 65.7 Å². The quantitative estimate of drug-likeness (QED) is 0.670. The third-order valence-corrected chi connectivity index (χ3v) is 4.08. The maximum Gasteiger partial charge on any atom is 0.341 e. The Morgan fingerprint density at radius 1 is 1.17 bits per heavy atom. The first-order valence-electron chi connectivity index (χ1n) is 6.70. The van der Waals surface area contributed by atoms with Gasteiger partial charge in [-0.05, 0) is 12.1 Å². The minimum Gasteiger partial charge on any atom is -0.459 e. The van der Waals surface area contributed by atoms with E-state index in [9.17, 15) is 20.1 Å². The molecule has 7 nitrogen and oxygen atoms in total. The molecule has 0 radical (unpaired) electrons. The average Bonchev–Trinajstić information content (AvgIpc) is 2.52.